The Morgan fingerprint density at radius 3 is 2.78 bits per heavy atom. The molecule has 1 amide bonds. The first kappa shape index (κ1) is 12.0. The van der Waals surface area contributed by atoms with Crippen LogP contribution in [0.25, 0.3) is 0 Å². The van der Waals surface area contributed by atoms with E-state index in [-0.39, 0.29) is 18.1 Å². The number of carbonyl (C=O) groups excluding carboxylic acids is 1. The van der Waals surface area contributed by atoms with Crippen molar-refractivity contribution in [2.45, 2.75) is 6.42 Å². The molecule has 4 nitrogen and oxygen atoms in total. The molecule has 3 N–H and O–H groups in total. The summed E-state index contributed by atoms with van der Waals surface area (Å²) in [6.45, 7) is 0. The summed E-state index contributed by atoms with van der Waals surface area (Å²) in [5.41, 5.74) is 7.01. The Morgan fingerprint density at radius 1 is 1.28 bits per heavy atom. The summed E-state index contributed by atoms with van der Waals surface area (Å²) >= 11 is 0. The van der Waals surface area contributed by atoms with E-state index in [2.05, 4.69) is 10.3 Å². The van der Waals surface area contributed by atoms with Crippen LogP contribution in [0.15, 0.2) is 42.5 Å². The van der Waals surface area contributed by atoms with E-state index in [1.165, 1.54) is 18.2 Å². The molecule has 1 heterocycles. The van der Waals surface area contributed by atoms with Crippen molar-refractivity contribution < 1.29 is 9.18 Å². The normalized spacial score (nSPS) is 10.1. The second kappa shape index (κ2) is 5.27. The molecular formula is C13H12FN3O. The predicted molar refractivity (Wildman–Crippen MR) is 67.4 cm³/mol. The molecule has 2 rings (SSSR count). The molecule has 0 saturated heterocycles. The fraction of sp³-hybridized carbons (Fsp3) is 0.0769. The largest absolute Gasteiger partial charge is 0.399 e. The number of nitrogens with zero attached hydrogens (tertiary/aromatic N) is 1. The predicted octanol–water partition coefficient (Wildman–Crippen LogP) is 1.98. The van der Waals surface area contributed by atoms with Crippen LogP contribution in [-0.2, 0) is 11.2 Å². The van der Waals surface area contributed by atoms with E-state index >= 15 is 0 Å². The lowest BCUT2D eigenvalue weighted by Gasteiger charge is -2.05. The summed E-state index contributed by atoms with van der Waals surface area (Å²) in [7, 11) is 0. The summed E-state index contributed by atoms with van der Waals surface area (Å²) in [6.07, 6.45) is 0.170. The molecule has 0 bridgehead atoms. The molecule has 1 aromatic heterocycles. The number of anilines is 2. The first-order chi connectivity index (χ1) is 8.63. The average Bonchev–Trinajstić information content (AvgIpc) is 2.28. The SMILES string of the molecule is Nc1cccc(CC(=O)Nc2cccc(F)n2)c1. The van der Waals surface area contributed by atoms with Gasteiger partial charge in [0.05, 0.1) is 6.42 Å². The first-order valence-electron chi connectivity index (χ1n) is 5.40. The number of hydrogen-bond acceptors (Lipinski definition) is 3. The Morgan fingerprint density at radius 2 is 2.06 bits per heavy atom. The summed E-state index contributed by atoms with van der Waals surface area (Å²) in [5, 5.41) is 2.52. The molecule has 0 saturated carbocycles. The number of pyridine rings is 1. The number of rotatable bonds is 3. The van der Waals surface area contributed by atoms with Crippen molar-refractivity contribution in [3.05, 3.63) is 54.0 Å². The molecule has 5 heteroatoms. The van der Waals surface area contributed by atoms with Crippen molar-refractivity contribution in [2.75, 3.05) is 11.1 Å². The van der Waals surface area contributed by atoms with E-state index < -0.39 is 5.95 Å². The van der Waals surface area contributed by atoms with Gasteiger partial charge in [-0.3, -0.25) is 4.79 Å². The fourth-order valence-corrected chi connectivity index (χ4v) is 1.55. The van der Waals surface area contributed by atoms with Gasteiger partial charge in [-0.15, -0.1) is 0 Å². The van der Waals surface area contributed by atoms with Gasteiger partial charge in [0.15, 0.2) is 0 Å². The third-order valence-electron chi connectivity index (χ3n) is 2.30. The van der Waals surface area contributed by atoms with Crippen LogP contribution < -0.4 is 11.1 Å². The maximum absolute atomic E-state index is 12.8. The number of nitrogen functional groups attached to an aromatic ring is 1. The fourth-order valence-electron chi connectivity index (χ4n) is 1.55. The van der Waals surface area contributed by atoms with E-state index in [4.69, 9.17) is 5.73 Å². The van der Waals surface area contributed by atoms with Gasteiger partial charge in [0.1, 0.15) is 5.82 Å². The zero-order valence-electron chi connectivity index (χ0n) is 9.56. The lowest BCUT2D eigenvalue weighted by Crippen LogP contribution is -2.15. The van der Waals surface area contributed by atoms with E-state index in [1.54, 1.807) is 24.3 Å². The first-order valence-corrected chi connectivity index (χ1v) is 5.40. The Labute approximate surface area is 104 Å². The molecule has 18 heavy (non-hydrogen) atoms. The highest BCUT2D eigenvalue weighted by Crippen LogP contribution is 2.09. The van der Waals surface area contributed by atoms with Crippen LogP contribution in [0.1, 0.15) is 5.56 Å². The van der Waals surface area contributed by atoms with Gasteiger partial charge in [-0.05, 0) is 29.8 Å². The Kier molecular flexibility index (Phi) is 3.52. The molecule has 0 fully saturated rings. The quantitative estimate of drug-likeness (QED) is 0.641. The summed E-state index contributed by atoms with van der Waals surface area (Å²) < 4.78 is 12.8. The maximum Gasteiger partial charge on any atom is 0.229 e. The third-order valence-corrected chi connectivity index (χ3v) is 2.30. The van der Waals surface area contributed by atoms with E-state index in [9.17, 15) is 9.18 Å². The topological polar surface area (TPSA) is 68.0 Å². The molecule has 0 unspecified atom stereocenters. The van der Waals surface area contributed by atoms with E-state index in [0.29, 0.717) is 5.69 Å². The van der Waals surface area contributed by atoms with Crippen molar-refractivity contribution >= 4 is 17.4 Å². The molecular weight excluding hydrogens is 233 g/mol. The Bertz CT molecular complexity index is 522. The number of nitrogens with one attached hydrogen (secondary N) is 1. The number of nitrogens with two attached hydrogens (primary N) is 1. The molecule has 0 aliphatic carbocycles. The second-order valence-corrected chi connectivity index (χ2v) is 3.82. The number of carbonyl (C=O) groups is 1. The van der Waals surface area contributed by atoms with Gasteiger partial charge in [-0.2, -0.15) is 4.39 Å². The van der Waals surface area contributed by atoms with Crippen molar-refractivity contribution in [1.82, 2.24) is 4.98 Å². The minimum Gasteiger partial charge on any atom is -0.399 e. The molecule has 0 spiro atoms. The van der Waals surface area contributed by atoms with Crippen LogP contribution in [0.3, 0.4) is 0 Å². The number of hydrogen-bond donors (Lipinski definition) is 2. The zero-order valence-corrected chi connectivity index (χ0v) is 9.56. The van der Waals surface area contributed by atoms with Crippen molar-refractivity contribution in [1.29, 1.82) is 0 Å². The smallest absolute Gasteiger partial charge is 0.229 e. The second-order valence-electron chi connectivity index (χ2n) is 3.82. The van der Waals surface area contributed by atoms with Gasteiger partial charge in [0.2, 0.25) is 11.9 Å². The van der Waals surface area contributed by atoms with Gasteiger partial charge < -0.3 is 11.1 Å². The van der Waals surface area contributed by atoms with Crippen LogP contribution >= 0.6 is 0 Å². The number of halogens is 1. The lowest BCUT2D eigenvalue weighted by atomic mass is 10.1. The van der Waals surface area contributed by atoms with Gasteiger partial charge in [-0.25, -0.2) is 4.98 Å². The van der Waals surface area contributed by atoms with Crippen LogP contribution in [0.5, 0.6) is 0 Å². The molecule has 0 radical (unpaired) electrons. The summed E-state index contributed by atoms with van der Waals surface area (Å²) in [5.74, 6) is -0.695. The lowest BCUT2D eigenvalue weighted by molar-refractivity contribution is -0.115. The molecule has 0 aliphatic heterocycles. The molecule has 92 valence electrons. The Balaban J connectivity index is 2.01. The highest BCUT2D eigenvalue weighted by Gasteiger charge is 2.05. The molecule has 1 aromatic carbocycles. The van der Waals surface area contributed by atoms with E-state index in [0.717, 1.165) is 5.56 Å². The molecule has 2 aromatic rings. The number of aromatic nitrogens is 1. The van der Waals surface area contributed by atoms with Crippen molar-refractivity contribution in [3.8, 4) is 0 Å². The van der Waals surface area contributed by atoms with Crippen LogP contribution in [0, 0.1) is 5.95 Å². The molecule has 0 atom stereocenters. The minimum atomic E-state index is -0.628. The number of amides is 1. The Hall–Kier alpha value is -2.43. The summed E-state index contributed by atoms with van der Waals surface area (Å²) in [6, 6.07) is 11.3. The van der Waals surface area contributed by atoms with Gasteiger partial charge in [-0.1, -0.05) is 18.2 Å². The zero-order chi connectivity index (χ0) is 13.0. The van der Waals surface area contributed by atoms with Crippen LogP contribution in [-0.4, -0.2) is 10.9 Å². The maximum atomic E-state index is 12.8. The average molecular weight is 245 g/mol. The highest BCUT2D eigenvalue weighted by molar-refractivity contribution is 5.91. The standard InChI is InChI=1S/C13H12FN3O/c14-11-5-2-6-12(16-11)17-13(18)8-9-3-1-4-10(15)7-9/h1-7H,8,15H2,(H,16,17,18). The van der Waals surface area contributed by atoms with Crippen LogP contribution in [0.4, 0.5) is 15.9 Å². The van der Waals surface area contributed by atoms with Gasteiger partial charge in [0.25, 0.3) is 0 Å². The van der Waals surface area contributed by atoms with Gasteiger partial charge in [0, 0.05) is 5.69 Å². The van der Waals surface area contributed by atoms with E-state index in [1.807, 2.05) is 0 Å². The van der Waals surface area contributed by atoms with Crippen molar-refractivity contribution in [3.63, 3.8) is 0 Å². The highest BCUT2D eigenvalue weighted by atomic mass is 19.1. The van der Waals surface area contributed by atoms with Crippen molar-refractivity contribution in [2.24, 2.45) is 0 Å². The monoisotopic (exact) mass is 245 g/mol. The van der Waals surface area contributed by atoms with Gasteiger partial charge >= 0.3 is 0 Å². The third kappa shape index (κ3) is 3.28. The number of benzene rings is 1. The minimum absolute atomic E-state index is 0.170. The summed E-state index contributed by atoms with van der Waals surface area (Å²) in [4.78, 5) is 15.2. The molecule has 0 aliphatic rings. The van der Waals surface area contributed by atoms with Crippen LogP contribution in [0.2, 0.25) is 0 Å².